The number of esters is 1. The summed E-state index contributed by atoms with van der Waals surface area (Å²) in [5, 5.41) is 0. The molecule has 0 spiro atoms. The van der Waals surface area contributed by atoms with Gasteiger partial charge in [0, 0.05) is 0 Å². The Labute approximate surface area is 144 Å². The number of hydrogen-bond acceptors (Lipinski definition) is 3. The van der Waals surface area contributed by atoms with Crippen LogP contribution in [0.3, 0.4) is 0 Å². The minimum absolute atomic E-state index is 0.0521. The predicted molar refractivity (Wildman–Crippen MR) is 97.6 cm³/mol. The maximum absolute atomic E-state index is 12.1. The van der Waals surface area contributed by atoms with E-state index in [9.17, 15) is 4.79 Å². The third-order valence-electron chi connectivity index (χ3n) is 5.03. The van der Waals surface area contributed by atoms with Crippen LogP contribution in [0.4, 0.5) is 0 Å². The molecule has 1 fully saturated rings. The monoisotopic (exact) mass is 325 g/mol. The first-order valence-electron chi connectivity index (χ1n) is 10.1. The maximum Gasteiger partial charge on any atom is 0.308 e. The third-order valence-corrected chi connectivity index (χ3v) is 5.03. The normalized spacial score (nSPS) is 19.5. The van der Waals surface area contributed by atoms with Gasteiger partial charge in [0.2, 0.25) is 0 Å². The summed E-state index contributed by atoms with van der Waals surface area (Å²) in [5.41, 5.74) is 0. The van der Waals surface area contributed by atoms with Crippen molar-refractivity contribution in [1.29, 1.82) is 0 Å². The summed E-state index contributed by atoms with van der Waals surface area (Å²) < 4.78 is 5.49. The molecule has 1 aliphatic rings. The van der Waals surface area contributed by atoms with E-state index in [-0.39, 0.29) is 11.9 Å². The molecule has 0 radical (unpaired) electrons. The number of hydrogen-bond donors (Lipinski definition) is 0. The predicted octanol–water partition coefficient (Wildman–Crippen LogP) is 5.18. The molecule has 1 aliphatic heterocycles. The van der Waals surface area contributed by atoms with Crippen molar-refractivity contribution in [2.24, 2.45) is 5.92 Å². The summed E-state index contributed by atoms with van der Waals surface area (Å²) >= 11 is 0. The van der Waals surface area contributed by atoms with Crippen LogP contribution >= 0.6 is 0 Å². The van der Waals surface area contributed by atoms with Crippen LogP contribution in [0, 0.1) is 5.92 Å². The molecular weight excluding hydrogens is 286 g/mol. The van der Waals surface area contributed by atoms with Gasteiger partial charge in [-0.05, 0) is 45.8 Å². The molecule has 1 unspecified atom stereocenters. The van der Waals surface area contributed by atoms with Crippen LogP contribution in [0.5, 0.6) is 0 Å². The highest BCUT2D eigenvalue weighted by atomic mass is 16.5. The second-order valence-electron chi connectivity index (χ2n) is 7.28. The Balaban J connectivity index is 1.89. The quantitative estimate of drug-likeness (QED) is 0.365. The van der Waals surface area contributed by atoms with Crippen LogP contribution in [0.2, 0.25) is 0 Å². The molecule has 1 heterocycles. The lowest BCUT2D eigenvalue weighted by Gasteiger charge is -2.14. The number of nitrogens with zero attached hydrogens (tertiary/aromatic N) is 1. The Morgan fingerprint density at radius 1 is 0.913 bits per heavy atom. The summed E-state index contributed by atoms with van der Waals surface area (Å²) in [6.45, 7) is 5.03. The molecule has 1 saturated heterocycles. The van der Waals surface area contributed by atoms with Crippen LogP contribution < -0.4 is 0 Å². The van der Waals surface area contributed by atoms with Gasteiger partial charge in [0.1, 0.15) is 0 Å². The zero-order chi connectivity index (χ0) is 16.8. The highest BCUT2D eigenvalue weighted by molar-refractivity contribution is 5.72. The fourth-order valence-corrected chi connectivity index (χ4v) is 3.36. The molecule has 0 aromatic heterocycles. The van der Waals surface area contributed by atoms with Crippen molar-refractivity contribution >= 4 is 5.97 Å². The van der Waals surface area contributed by atoms with Crippen LogP contribution in [0.15, 0.2) is 0 Å². The van der Waals surface area contributed by atoms with Crippen LogP contribution in [-0.2, 0) is 9.53 Å². The molecule has 0 amide bonds. The van der Waals surface area contributed by atoms with E-state index < -0.39 is 0 Å². The molecule has 0 saturated carbocycles. The van der Waals surface area contributed by atoms with Gasteiger partial charge < -0.3 is 9.64 Å². The van der Waals surface area contributed by atoms with E-state index in [0.717, 1.165) is 38.8 Å². The van der Waals surface area contributed by atoms with Crippen LogP contribution in [0.1, 0.15) is 90.4 Å². The summed E-state index contributed by atoms with van der Waals surface area (Å²) in [6, 6.07) is 0. The van der Waals surface area contributed by atoms with Gasteiger partial charge in [-0.15, -0.1) is 0 Å². The van der Waals surface area contributed by atoms with E-state index in [1.807, 2.05) is 0 Å². The minimum atomic E-state index is 0.0521. The molecule has 0 N–H and O–H groups in total. The SMILES string of the molecule is CCCCCCCCCCCCOC(=O)C1CCCN(C)CC1. The van der Waals surface area contributed by atoms with E-state index in [2.05, 4.69) is 18.9 Å². The van der Waals surface area contributed by atoms with E-state index in [4.69, 9.17) is 4.74 Å². The highest BCUT2D eigenvalue weighted by Crippen LogP contribution is 2.18. The van der Waals surface area contributed by atoms with Gasteiger partial charge in [0.15, 0.2) is 0 Å². The first-order valence-corrected chi connectivity index (χ1v) is 10.1. The molecule has 23 heavy (non-hydrogen) atoms. The summed E-state index contributed by atoms with van der Waals surface area (Å²) in [5.74, 6) is 0.194. The molecule has 0 aromatic carbocycles. The van der Waals surface area contributed by atoms with Crippen LogP contribution in [-0.4, -0.2) is 37.6 Å². The van der Waals surface area contributed by atoms with Gasteiger partial charge in [-0.25, -0.2) is 0 Å². The Bertz CT molecular complexity index is 293. The van der Waals surface area contributed by atoms with Crippen molar-refractivity contribution in [2.75, 3.05) is 26.7 Å². The molecule has 1 rings (SSSR count). The second-order valence-corrected chi connectivity index (χ2v) is 7.28. The Kier molecular flexibility index (Phi) is 12.3. The molecule has 3 nitrogen and oxygen atoms in total. The molecule has 3 heteroatoms. The largest absolute Gasteiger partial charge is 0.465 e. The maximum atomic E-state index is 12.1. The van der Waals surface area contributed by atoms with Crippen molar-refractivity contribution in [3.05, 3.63) is 0 Å². The Hall–Kier alpha value is -0.570. The van der Waals surface area contributed by atoms with E-state index in [1.54, 1.807) is 0 Å². The topological polar surface area (TPSA) is 29.5 Å². The number of rotatable bonds is 12. The van der Waals surface area contributed by atoms with E-state index in [1.165, 1.54) is 57.8 Å². The highest BCUT2D eigenvalue weighted by Gasteiger charge is 2.22. The third kappa shape index (κ3) is 10.8. The van der Waals surface area contributed by atoms with Crippen molar-refractivity contribution in [2.45, 2.75) is 90.4 Å². The van der Waals surface area contributed by atoms with Gasteiger partial charge in [0.25, 0.3) is 0 Å². The van der Waals surface area contributed by atoms with Crippen LogP contribution in [0.25, 0.3) is 0 Å². The summed E-state index contributed by atoms with van der Waals surface area (Å²) in [7, 11) is 2.14. The van der Waals surface area contributed by atoms with Gasteiger partial charge in [-0.3, -0.25) is 4.79 Å². The first-order chi connectivity index (χ1) is 11.2. The number of unbranched alkanes of at least 4 members (excludes halogenated alkanes) is 9. The molecule has 136 valence electrons. The average molecular weight is 326 g/mol. The number of likely N-dealkylation sites (tertiary alicyclic amines) is 1. The fraction of sp³-hybridized carbons (Fsp3) is 0.950. The number of carbonyl (C=O) groups excluding carboxylic acids is 1. The second kappa shape index (κ2) is 13.8. The summed E-state index contributed by atoms with van der Waals surface area (Å²) in [4.78, 5) is 14.4. The molecule has 0 aliphatic carbocycles. The van der Waals surface area contributed by atoms with Gasteiger partial charge in [-0.1, -0.05) is 64.7 Å². The summed E-state index contributed by atoms with van der Waals surface area (Å²) in [6.07, 6.45) is 16.3. The van der Waals surface area contributed by atoms with Crippen molar-refractivity contribution < 1.29 is 9.53 Å². The van der Waals surface area contributed by atoms with Crippen molar-refractivity contribution in [1.82, 2.24) is 4.90 Å². The molecule has 0 aromatic rings. The standard InChI is InChI=1S/C20H39NO2/c1-3-4-5-6-7-8-9-10-11-12-18-23-20(22)19-14-13-16-21(2)17-15-19/h19H,3-18H2,1-2H3. The Morgan fingerprint density at radius 3 is 2.17 bits per heavy atom. The van der Waals surface area contributed by atoms with Crippen molar-refractivity contribution in [3.63, 3.8) is 0 Å². The first kappa shape index (κ1) is 20.5. The zero-order valence-electron chi connectivity index (χ0n) is 15.7. The van der Waals surface area contributed by atoms with Gasteiger partial charge >= 0.3 is 5.97 Å². The lowest BCUT2D eigenvalue weighted by molar-refractivity contribution is -0.149. The lowest BCUT2D eigenvalue weighted by Crippen LogP contribution is -2.21. The molecular formula is C20H39NO2. The van der Waals surface area contributed by atoms with Gasteiger partial charge in [0.05, 0.1) is 12.5 Å². The molecule has 1 atom stereocenters. The van der Waals surface area contributed by atoms with Crippen molar-refractivity contribution in [3.8, 4) is 0 Å². The lowest BCUT2D eigenvalue weighted by atomic mass is 10.0. The number of ether oxygens (including phenoxy) is 1. The minimum Gasteiger partial charge on any atom is -0.465 e. The zero-order valence-corrected chi connectivity index (χ0v) is 15.7. The molecule has 0 bridgehead atoms. The number of carbonyl (C=O) groups is 1. The van der Waals surface area contributed by atoms with E-state index >= 15 is 0 Å². The fourth-order valence-electron chi connectivity index (χ4n) is 3.36. The van der Waals surface area contributed by atoms with Gasteiger partial charge in [-0.2, -0.15) is 0 Å². The van der Waals surface area contributed by atoms with E-state index in [0.29, 0.717) is 6.61 Å². The average Bonchev–Trinajstić information content (AvgIpc) is 2.77. The smallest absolute Gasteiger partial charge is 0.308 e. The Morgan fingerprint density at radius 2 is 1.52 bits per heavy atom.